The lowest BCUT2D eigenvalue weighted by atomic mass is 9.70. The highest BCUT2D eigenvalue weighted by atomic mass is 32.2. The summed E-state index contributed by atoms with van der Waals surface area (Å²) in [6.07, 6.45) is 7.90. The third-order valence-electron chi connectivity index (χ3n) is 7.07. The number of hydrogen-bond acceptors (Lipinski definition) is 6. The Balaban J connectivity index is 1.22. The lowest BCUT2D eigenvalue weighted by molar-refractivity contribution is 0.120. The summed E-state index contributed by atoms with van der Waals surface area (Å²) in [5.41, 5.74) is 9.68. The molecule has 0 unspecified atom stereocenters. The second kappa shape index (κ2) is 6.36. The van der Waals surface area contributed by atoms with Gasteiger partial charge in [-0.25, -0.2) is 9.97 Å². The van der Waals surface area contributed by atoms with Crippen molar-refractivity contribution in [3.8, 4) is 5.88 Å². The van der Waals surface area contributed by atoms with Crippen LogP contribution in [0.5, 0.6) is 5.88 Å². The molecule has 0 radical (unpaired) electrons. The maximum atomic E-state index is 6.77. The minimum atomic E-state index is 0.125. The van der Waals surface area contributed by atoms with Crippen molar-refractivity contribution in [3.05, 3.63) is 41.6 Å². The molecule has 1 saturated carbocycles. The normalized spacial score (nSPS) is 30.5. The topological polar surface area (TPSA) is 64.3 Å². The van der Waals surface area contributed by atoms with Gasteiger partial charge in [0.25, 0.3) is 5.88 Å². The first kappa shape index (κ1) is 17.1. The Kier molecular flexibility index (Phi) is 3.88. The van der Waals surface area contributed by atoms with Crippen molar-refractivity contribution in [2.75, 3.05) is 23.8 Å². The maximum absolute atomic E-state index is 6.77. The van der Waals surface area contributed by atoms with Crippen molar-refractivity contribution in [3.63, 3.8) is 0 Å². The van der Waals surface area contributed by atoms with Gasteiger partial charge in [-0.15, -0.1) is 11.8 Å². The molecule has 6 rings (SSSR count). The van der Waals surface area contributed by atoms with Gasteiger partial charge in [0.2, 0.25) is 0 Å². The average molecular weight is 395 g/mol. The van der Waals surface area contributed by atoms with E-state index in [1.807, 2.05) is 18.0 Å². The number of nitrogens with two attached hydrogens (primary N) is 1. The summed E-state index contributed by atoms with van der Waals surface area (Å²) >= 11 is 1.81. The van der Waals surface area contributed by atoms with Crippen LogP contribution in [-0.2, 0) is 6.42 Å². The van der Waals surface area contributed by atoms with Crippen molar-refractivity contribution in [1.29, 1.82) is 0 Å². The van der Waals surface area contributed by atoms with Crippen LogP contribution in [0.1, 0.15) is 42.9 Å². The summed E-state index contributed by atoms with van der Waals surface area (Å²) in [5.74, 6) is 3.67. The molecule has 3 heterocycles. The molecule has 2 aromatic rings. The van der Waals surface area contributed by atoms with Gasteiger partial charge in [-0.05, 0) is 54.6 Å². The van der Waals surface area contributed by atoms with Crippen LogP contribution in [0.25, 0.3) is 0 Å². The number of benzene rings is 1. The van der Waals surface area contributed by atoms with Crippen molar-refractivity contribution in [2.45, 2.75) is 49.2 Å². The summed E-state index contributed by atoms with van der Waals surface area (Å²) in [4.78, 5) is 11.9. The summed E-state index contributed by atoms with van der Waals surface area (Å²) in [5, 5.41) is 0.992. The molecule has 4 aliphatic rings. The van der Waals surface area contributed by atoms with E-state index in [-0.39, 0.29) is 11.5 Å². The second-order valence-corrected chi connectivity index (χ2v) is 9.96. The van der Waals surface area contributed by atoms with Crippen LogP contribution >= 0.6 is 11.8 Å². The number of anilines is 1. The van der Waals surface area contributed by atoms with E-state index < -0.39 is 0 Å². The molecule has 2 aliphatic carbocycles. The highest BCUT2D eigenvalue weighted by Crippen LogP contribution is 2.53. The molecule has 3 atom stereocenters. The van der Waals surface area contributed by atoms with Gasteiger partial charge in [-0.2, -0.15) is 0 Å². The molecule has 1 aromatic heterocycles. The Hall–Kier alpha value is -1.79. The maximum Gasteiger partial charge on any atom is 0.258 e. The Bertz CT molecular complexity index is 917. The summed E-state index contributed by atoms with van der Waals surface area (Å²) in [7, 11) is 0. The second-order valence-electron chi connectivity index (χ2n) is 8.92. The van der Waals surface area contributed by atoms with Crippen LogP contribution in [0.15, 0.2) is 35.5 Å². The Morgan fingerprint density at radius 1 is 1.29 bits per heavy atom. The minimum absolute atomic E-state index is 0.125. The number of fused-ring (bicyclic) bond motifs is 4. The third-order valence-corrected chi connectivity index (χ3v) is 8.21. The number of nitrogens with zero attached hydrogens (tertiary/aromatic N) is 3. The van der Waals surface area contributed by atoms with E-state index in [0.717, 1.165) is 48.3 Å². The van der Waals surface area contributed by atoms with Crippen molar-refractivity contribution < 1.29 is 4.74 Å². The van der Waals surface area contributed by atoms with E-state index in [9.17, 15) is 0 Å². The third kappa shape index (κ3) is 2.72. The molecule has 146 valence electrons. The molecule has 2 fully saturated rings. The zero-order valence-electron chi connectivity index (χ0n) is 16.0. The van der Waals surface area contributed by atoms with E-state index in [1.54, 1.807) is 0 Å². The van der Waals surface area contributed by atoms with Crippen LogP contribution in [0, 0.1) is 11.3 Å². The molecular weight excluding hydrogens is 368 g/mol. The minimum Gasteiger partial charge on any atom is -0.473 e. The van der Waals surface area contributed by atoms with Crippen LogP contribution in [0.2, 0.25) is 0 Å². The average Bonchev–Trinajstić information content (AvgIpc) is 3.52. The highest BCUT2D eigenvalue weighted by Gasteiger charge is 2.50. The first-order valence-electron chi connectivity index (χ1n) is 10.4. The molecule has 2 aliphatic heterocycles. The van der Waals surface area contributed by atoms with Gasteiger partial charge in [0, 0.05) is 18.3 Å². The van der Waals surface area contributed by atoms with E-state index in [4.69, 9.17) is 20.4 Å². The monoisotopic (exact) mass is 394 g/mol. The summed E-state index contributed by atoms with van der Waals surface area (Å²) in [6, 6.07) is 9.16. The predicted molar refractivity (Wildman–Crippen MR) is 111 cm³/mol. The lowest BCUT2D eigenvalue weighted by Crippen LogP contribution is -2.54. The first-order chi connectivity index (χ1) is 13.7. The van der Waals surface area contributed by atoms with Gasteiger partial charge in [0.15, 0.2) is 5.82 Å². The van der Waals surface area contributed by atoms with E-state index >= 15 is 0 Å². The van der Waals surface area contributed by atoms with E-state index in [2.05, 4.69) is 29.2 Å². The standard InChI is InChI=1S/C22H26N4OS/c23-19-17-4-2-1-3-15(17)9-22(19)7-8-26-16(10-22)12-27-21-20(26)24-11-18(25-21)28-13-14-5-6-14/h1-4,11,14,16,19H,5-10,12-13,23H2/t16-,19-,22-/m1/s1. The predicted octanol–water partition coefficient (Wildman–Crippen LogP) is 3.58. The highest BCUT2D eigenvalue weighted by molar-refractivity contribution is 7.99. The smallest absolute Gasteiger partial charge is 0.258 e. The number of thioether (sulfide) groups is 1. The van der Waals surface area contributed by atoms with E-state index in [0.29, 0.717) is 18.5 Å². The number of aromatic nitrogens is 2. The summed E-state index contributed by atoms with van der Waals surface area (Å²) < 4.78 is 6.10. The van der Waals surface area contributed by atoms with Crippen LogP contribution in [-0.4, -0.2) is 34.9 Å². The van der Waals surface area contributed by atoms with Crippen molar-refractivity contribution >= 4 is 17.6 Å². The first-order valence-corrected chi connectivity index (χ1v) is 11.4. The number of hydrogen-bond donors (Lipinski definition) is 1. The largest absolute Gasteiger partial charge is 0.473 e. The Labute approximate surface area is 170 Å². The number of piperidine rings is 1. The van der Waals surface area contributed by atoms with Crippen molar-refractivity contribution in [2.24, 2.45) is 17.1 Å². The lowest BCUT2D eigenvalue weighted by Gasteiger charge is -2.49. The fourth-order valence-corrected chi connectivity index (χ4v) is 6.29. The fourth-order valence-electron chi connectivity index (χ4n) is 5.27. The van der Waals surface area contributed by atoms with Gasteiger partial charge >= 0.3 is 0 Å². The molecule has 1 saturated heterocycles. The molecular formula is C22H26N4OS. The van der Waals surface area contributed by atoms with Gasteiger partial charge in [-0.3, -0.25) is 0 Å². The number of rotatable bonds is 3. The van der Waals surface area contributed by atoms with Gasteiger partial charge in [-0.1, -0.05) is 24.3 Å². The SMILES string of the molecule is N[C@@H]1c2ccccc2C[C@@]12CCN1c3ncc(SCC4CC4)nc3OC[C@H]1C2. The quantitative estimate of drug-likeness (QED) is 0.803. The molecule has 0 bridgehead atoms. The zero-order chi connectivity index (χ0) is 18.7. The van der Waals surface area contributed by atoms with Crippen LogP contribution < -0.4 is 15.4 Å². The Morgan fingerprint density at radius 3 is 3.04 bits per heavy atom. The van der Waals surface area contributed by atoms with Crippen LogP contribution in [0.4, 0.5) is 5.82 Å². The summed E-state index contributed by atoms with van der Waals surface area (Å²) in [6.45, 7) is 1.66. The molecule has 0 amide bonds. The van der Waals surface area contributed by atoms with E-state index in [1.165, 1.54) is 24.0 Å². The Morgan fingerprint density at radius 2 is 2.18 bits per heavy atom. The molecule has 2 N–H and O–H groups in total. The molecule has 1 aromatic carbocycles. The molecule has 5 nitrogen and oxygen atoms in total. The van der Waals surface area contributed by atoms with Crippen LogP contribution in [0.3, 0.4) is 0 Å². The van der Waals surface area contributed by atoms with Crippen molar-refractivity contribution in [1.82, 2.24) is 9.97 Å². The number of ether oxygens (including phenoxy) is 1. The molecule has 1 spiro atoms. The van der Waals surface area contributed by atoms with Gasteiger partial charge in [0.1, 0.15) is 11.6 Å². The molecule has 6 heteroatoms. The van der Waals surface area contributed by atoms with Gasteiger partial charge < -0.3 is 15.4 Å². The molecule has 28 heavy (non-hydrogen) atoms. The zero-order valence-corrected chi connectivity index (χ0v) is 16.8. The van der Waals surface area contributed by atoms with Gasteiger partial charge in [0.05, 0.1) is 12.2 Å². The fraction of sp³-hybridized carbons (Fsp3) is 0.545.